The van der Waals surface area contributed by atoms with E-state index < -0.39 is 23.6 Å². The van der Waals surface area contributed by atoms with Gasteiger partial charge in [0.2, 0.25) is 5.71 Å². The van der Waals surface area contributed by atoms with Gasteiger partial charge in [-0.15, -0.1) is 0 Å². The monoisotopic (exact) mass is 1700 g/mol. The predicted octanol–water partition coefficient (Wildman–Crippen LogP) is 15.8. The number of rotatable bonds is 27. The van der Waals surface area contributed by atoms with Crippen molar-refractivity contribution < 1.29 is 44.2 Å². The zero-order chi connectivity index (χ0) is 86.4. The number of nitrogens with zero attached hydrogens (tertiary/aromatic N) is 14. The number of aromatic nitrogens is 6. The number of carbonyl (C=O) groups is 3. The van der Waals surface area contributed by atoms with Crippen LogP contribution in [0.2, 0.25) is 0 Å². The lowest BCUT2D eigenvalue weighted by Crippen LogP contribution is -2.59. The van der Waals surface area contributed by atoms with Crippen LogP contribution in [0.25, 0.3) is 33.1 Å². The van der Waals surface area contributed by atoms with Gasteiger partial charge in [-0.2, -0.15) is 0 Å². The maximum absolute atomic E-state index is 14.4. The van der Waals surface area contributed by atoms with Gasteiger partial charge in [0.25, 0.3) is 16.7 Å². The SMILES string of the molecule is CC1C[C@@H]2CC(N3[C@@H]4CCC[C@H]3CC(n3c(=O)c(/C(CCC(=O)O)=N/OCCCN(C)C)nc5ccccc53)C4)C[C@H](C1)C2.CC1C[C@@H]2CC(N3[C@@H]4CCC[C@H]3CC(n3c(=O)c(/C(CCC(=O)O)=N/OCCN(C)C)nc5ccccc53)C4)C[C@H](C1)C2.CCO/N=C(\C(=O)O)c1nc2ccccc2n(C2C[C@H]3CCC[C@@H](C2)N3C2C[C@H]3CCC[C@@H](C2)C3)c1=O. The molecule has 8 unspecified atom stereocenters. The highest BCUT2D eigenvalue weighted by atomic mass is 16.6. The van der Waals surface area contributed by atoms with Crippen LogP contribution >= 0.6 is 0 Å². The van der Waals surface area contributed by atoms with E-state index in [1.807, 2.05) is 120 Å². The molecule has 0 spiro atoms. The van der Waals surface area contributed by atoms with E-state index >= 15 is 0 Å². The maximum Gasteiger partial charge on any atom is 0.360 e. The average molecular weight is 1700 g/mol. The summed E-state index contributed by atoms with van der Waals surface area (Å²) in [5.74, 6) is 3.86. The molecule has 6 saturated heterocycles. The number of para-hydroxylation sites is 6. The fraction of sp³-hybridized carbons (Fsp3) is 0.694. The van der Waals surface area contributed by atoms with Crippen molar-refractivity contribution in [3.63, 3.8) is 0 Å². The summed E-state index contributed by atoms with van der Waals surface area (Å²) in [7, 11) is 7.90. The Morgan fingerprint density at radius 1 is 0.379 bits per heavy atom. The van der Waals surface area contributed by atoms with Crippen molar-refractivity contribution >= 4 is 68.1 Å². The van der Waals surface area contributed by atoms with Crippen molar-refractivity contribution in [2.45, 2.75) is 324 Å². The third-order valence-electron chi connectivity index (χ3n) is 30.8. The van der Waals surface area contributed by atoms with E-state index in [9.17, 15) is 44.1 Å². The van der Waals surface area contributed by atoms with E-state index in [4.69, 9.17) is 24.5 Å². The Kier molecular flexibility index (Phi) is 29.0. The second kappa shape index (κ2) is 40.3. The van der Waals surface area contributed by atoms with E-state index in [-0.39, 0.29) is 84.2 Å². The van der Waals surface area contributed by atoms with E-state index in [1.165, 1.54) is 161 Å². The average Bonchev–Trinajstić information content (AvgIpc) is 0.751. The fourth-order valence-corrected chi connectivity index (χ4v) is 26.5. The number of carboxylic acids is 3. The highest BCUT2D eigenvalue weighted by molar-refractivity contribution is 6.41. The van der Waals surface area contributed by atoms with Crippen molar-refractivity contribution in [3.05, 3.63) is 121 Å². The number of fused-ring (bicyclic) bond motifs is 15. The van der Waals surface area contributed by atoms with Gasteiger partial charge in [0.1, 0.15) is 31.2 Å². The van der Waals surface area contributed by atoms with E-state index in [0.29, 0.717) is 91.1 Å². The van der Waals surface area contributed by atoms with Gasteiger partial charge in [-0.3, -0.25) is 38.7 Å². The van der Waals surface area contributed by atoms with Crippen molar-refractivity contribution in [2.24, 2.45) is 62.8 Å². The molecular weight excluding hydrogens is 1570 g/mol. The first kappa shape index (κ1) is 89.1. The number of likely N-dealkylation sites (N-methyl/N-ethyl adjacent to an activating group) is 1. The standard InChI is InChI=1S/C35H51N5O4.C34H49N5O4.C29H38N4O4/c1-23-16-24-18-25(17-23)20-28(19-24)39-26-8-6-9-27(39)22-29(21-26)40-32-11-5-4-10-30(32)36-34(35(40)43)31(12-13-33(41)42)37-44-15-7-14-38(2)3;1-22-15-23-17-24(16-22)19-27(18-23)38-25-7-6-8-26(38)21-28(20-25)39-31-10-5-4-9-29(31)35-33(34(39)42)30(11-12-32(40)41)36-43-14-13-37(2)3;1-2-37-31-27(29(35)36)26-28(34)33(25-12-4-3-11-24(25)30-26)23-16-20-9-6-10-21(17-23)32(20)22-14-18-7-5-8-19(13-18)15-22/h4-5,10-11,23-29H,6-9,12-22H2,1-3H3,(H,41,42);4-5,9-10,22-28H,6-8,11-21H2,1-3H3,(H,40,41);3-4,11-12,18-23H,2,5-10,13-17H2,1H3,(H,35,36)/b37-31+;36-30+;31-27-/t23?,24-,25+,26-,27+,28?,29?;22?,23-,24+,25-,26+,27?,28?;18-,19+,20-,21+,22?,23?. The van der Waals surface area contributed by atoms with Crippen LogP contribution in [-0.4, -0.2) is 219 Å². The van der Waals surface area contributed by atoms with Gasteiger partial charge in [0.05, 0.1) is 45.9 Å². The lowest BCUT2D eigenvalue weighted by atomic mass is 9.65. The number of oxime groups is 3. The molecule has 3 aromatic heterocycles. The molecule has 18 rings (SSSR count). The Hall–Kier alpha value is -8.30. The Morgan fingerprint density at radius 3 is 1.06 bits per heavy atom. The van der Waals surface area contributed by atoms with Crippen molar-refractivity contribution in [1.29, 1.82) is 0 Å². The van der Waals surface area contributed by atoms with Crippen LogP contribution in [-0.2, 0) is 28.9 Å². The van der Waals surface area contributed by atoms with Gasteiger partial charge in [-0.1, -0.05) is 104 Å². The van der Waals surface area contributed by atoms with Crippen LogP contribution in [0.15, 0.2) is 103 Å². The Balaban J connectivity index is 0.000000138. The van der Waals surface area contributed by atoms with Gasteiger partial charge in [-0.05, 0) is 286 Å². The topological polar surface area (TPSA) is 298 Å². The molecule has 9 heterocycles. The number of benzene rings is 3. The van der Waals surface area contributed by atoms with Gasteiger partial charge < -0.3 is 53.3 Å². The van der Waals surface area contributed by atoms with Crippen LogP contribution < -0.4 is 16.7 Å². The summed E-state index contributed by atoms with van der Waals surface area (Å²) < 4.78 is 5.80. The Labute approximate surface area is 731 Å². The van der Waals surface area contributed by atoms with Gasteiger partial charge in [0, 0.05) is 98.4 Å². The highest BCUT2D eigenvalue weighted by Crippen LogP contribution is 2.53. The number of hydrogen-bond donors (Lipinski definition) is 3. The quantitative estimate of drug-likeness (QED) is 0.0245. The normalized spacial score (nSPS) is 31.5. The summed E-state index contributed by atoms with van der Waals surface area (Å²) in [4.78, 5) is 121. The molecule has 6 aliphatic heterocycles. The molecule has 26 nitrogen and oxygen atoms in total. The molecular formula is C98H138N14O12. The first-order valence-electron chi connectivity index (χ1n) is 48.0. The molecule has 6 aromatic rings. The molecule has 26 heteroatoms. The van der Waals surface area contributed by atoms with Crippen molar-refractivity contribution in [1.82, 2.24) is 53.2 Å². The third-order valence-corrected chi connectivity index (χ3v) is 30.8. The molecule has 3 aromatic carbocycles. The van der Waals surface area contributed by atoms with Crippen LogP contribution in [0.5, 0.6) is 0 Å². The molecule has 672 valence electrons. The second-order valence-electron chi connectivity index (χ2n) is 40.3. The first-order valence-corrected chi connectivity index (χ1v) is 48.0. The molecule has 0 amide bonds. The molecule has 12 bridgehead atoms. The minimum absolute atomic E-state index is 0.0101. The molecule has 12 aliphatic rings. The van der Waals surface area contributed by atoms with Gasteiger partial charge >= 0.3 is 17.9 Å². The summed E-state index contributed by atoms with van der Waals surface area (Å²) in [6.07, 6.45) is 39.4. The smallest absolute Gasteiger partial charge is 0.360 e. The van der Waals surface area contributed by atoms with Gasteiger partial charge in [0.15, 0.2) is 17.1 Å². The number of hydrogen-bond acceptors (Lipinski definition) is 20. The predicted molar refractivity (Wildman–Crippen MR) is 483 cm³/mol. The maximum atomic E-state index is 14.4. The van der Waals surface area contributed by atoms with Gasteiger partial charge in [-0.25, -0.2) is 19.7 Å². The number of aliphatic carboxylic acids is 3. The summed E-state index contributed by atoms with van der Waals surface area (Å²) in [5, 5.41) is 41.1. The lowest BCUT2D eigenvalue weighted by Gasteiger charge is -2.55. The van der Waals surface area contributed by atoms with Crippen LogP contribution in [0.3, 0.4) is 0 Å². The summed E-state index contributed by atoms with van der Waals surface area (Å²) >= 11 is 0. The molecule has 6 saturated carbocycles. The number of piperidine rings is 6. The van der Waals surface area contributed by atoms with Crippen LogP contribution in [0.1, 0.15) is 287 Å². The van der Waals surface area contributed by atoms with E-state index in [0.717, 1.165) is 126 Å². The summed E-state index contributed by atoms with van der Waals surface area (Å²) in [6.45, 7) is 9.06. The third kappa shape index (κ3) is 20.5. The lowest BCUT2D eigenvalue weighted by molar-refractivity contribution is -0.137. The second-order valence-corrected chi connectivity index (χ2v) is 40.3. The van der Waals surface area contributed by atoms with E-state index in [2.05, 4.69) is 53.9 Å². The minimum atomic E-state index is -1.31. The summed E-state index contributed by atoms with van der Waals surface area (Å²) in [5.41, 5.74) is 4.28. The first-order chi connectivity index (χ1) is 60.1. The highest BCUT2D eigenvalue weighted by Gasteiger charge is 2.51. The summed E-state index contributed by atoms with van der Waals surface area (Å²) in [6, 6.07) is 28.4. The molecule has 12 fully saturated rings. The van der Waals surface area contributed by atoms with Crippen molar-refractivity contribution in [3.8, 4) is 0 Å². The van der Waals surface area contributed by atoms with Crippen molar-refractivity contribution in [2.75, 3.05) is 61.1 Å². The van der Waals surface area contributed by atoms with E-state index in [1.54, 1.807) is 6.92 Å². The van der Waals surface area contributed by atoms with Crippen LogP contribution in [0.4, 0.5) is 0 Å². The Morgan fingerprint density at radius 2 is 0.710 bits per heavy atom. The molecule has 6 aliphatic carbocycles. The largest absolute Gasteiger partial charge is 0.481 e. The minimum Gasteiger partial charge on any atom is -0.481 e. The fourth-order valence-electron chi connectivity index (χ4n) is 26.5. The Bertz CT molecular complexity index is 4930. The zero-order valence-corrected chi connectivity index (χ0v) is 74.7. The molecule has 0 radical (unpaired) electrons. The number of carboxylic acid groups (broad SMARTS) is 3. The molecule has 20 atom stereocenters. The van der Waals surface area contributed by atoms with Crippen LogP contribution in [0, 0.1) is 47.3 Å². The zero-order valence-electron chi connectivity index (χ0n) is 74.7. The molecule has 3 N–H and O–H groups in total. The molecule has 124 heavy (non-hydrogen) atoms.